The number of aromatic nitrogens is 2. The number of nitrogens with zero attached hydrogens (tertiary/aromatic N) is 3. The normalized spacial score (nSPS) is 22.5. The van der Waals surface area contributed by atoms with Crippen molar-refractivity contribution in [1.82, 2.24) is 24.9 Å². The first-order valence-corrected chi connectivity index (χ1v) is 24.0. The van der Waals surface area contributed by atoms with Gasteiger partial charge < -0.3 is 25.0 Å². The lowest BCUT2D eigenvalue weighted by Crippen LogP contribution is -2.62. The van der Waals surface area contributed by atoms with Crippen molar-refractivity contribution in [2.24, 2.45) is 11.3 Å². The van der Waals surface area contributed by atoms with Crippen molar-refractivity contribution in [2.75, 3.05) is 19.0 Å². The molecule has 2 aromatic heterocycles. The predicted octanol–water partition coefficient (Wildman–Crippen LogP) is 8.51. The first kappa shape index (κ1) is 47.9. The number of aryl methyl sites for hydroxylation is 1. The first-order valence-electron chi connectivity index (χ1n) is 21.7. The van der Waals surface area contributed by atoms with Crippen molar-refractivity contribution < 1.29 is 49.8 Å². The molecule has 0 radical (unpaired) electrons. The Bertz CT molecular complexity index is 2630. The third-order valence-corrected chi connectivity index (χ3v) is 15.9. The number of likely N-dealkylation sites (tertiary alicyclic amines) is 1. The Balaban J connectivity index is 1.28. The van der Waals surface area contributed by atoms with Gasteiger partial charge in [0.2, 0.25) is 21.8 Å². The van der Waals surface area contributed by atoms with Crippen molar-refractivity contribution in [3.8, 4) is 22.2 Å². The fraction of sp³-hybridized carbons (Fsp3) is 0.543. The summed E-state index contributed by atoms with van der Waals surface area (Å²) in [6, 6.07) is 4.63. The first-order chi connectivity index (χ1) is 30.2. The van der Waals surface area contributed by atoms with Gasteiger partial charge in [-0.15, -0.1) is 11.3 Å². The highest BCUT2D eigenvalue weighted by atomic mass is 32.2. The number of fused-ring (bicyclic) bond motifs is 1. The summed E-state index contributed by atoms with van der Waals surface area (Å²) < 4.78 is 96.3. The van der Waals surface area contributed by atoms with Crippen LogP contribution in [0.25, 0.3) is 21.6 Å². The topological polar surface area (TPSA) is 169 Å². The Morgan fingerprint density at radius 1 is 1.02 bits per heavy atom. The molecule has 1 aliphatic heterocycles. The zero-order valence-corrected chi connectivity index (χ0v) is 39.5. The molecule has 0 spiro atoms. The average molecular weight is 945 g/mol. The number of pyridine rings is 1. The molecule has 19 heteroatoms. The van der Waals surface area contributed by atoms with Crippen LogP contribution in [0.15, 0.2) is 41.8 Å². The Labute approximate surface area is 380 Å². The third-order valence-electron chi connectivity index (χ3n) is 12.9. The molecule has 1 unspecified atom stereocenters. The van der Waals surface area contributed by atoms with Crippen molar-refractivity contribution >= 4 is 55.7 Å². The Hall–Kier alpha value is -5.04. The van der Waals surface area contributed by atoms with Gasteiger partial charge >= 0.3 is 6.18 Å². The number of rotatable bonds is 13. The smallest absolute Gasteiger partial charge is 0.416 e. The standard InChI is InChI=1S/C46H56F4N6O7S2/c1-24(2)33-23-64-40(53-33)32-20-36(31-10-11-35(62-9)26(4)37(31)52-32)63-30-19-34(39(57)54-45(13-12-25(3)21-45)42(59)55-65(60,61)44(8)14-15-44)56(22-30)41(58)38(43(5,6)7)51-29-17-27(46(48,49)50)16-28(47)18-29/h10-11,16-18,20,23-25,30,34,38,51H,12-15,19,21-22H2,1-9H3,(H,54,57)(H,55,59)/t25?,30-,34+,38-,45-/m1/s1. The van der Waals surface area contributed by atoms with E-state index in [2.05, 4.69) is 15.4 Å². The summed E-state index contributed by atoms with van der Waals surface area (Å²) in [5, 5.41) is 8.94. The van der Waals surface area contributed by atoms with Crippen LogP contribution < -0.4 is 24.8 Å². The van der Waals surface area contributed by atoms with Gasteiger partial charge in [0.05, 0.1) is 35.2 Å². The number of ether oxygens (including phenoxy) is 2. The molecule has 1 saturated heterocycles. The number of carbonyl (C=O) groups excluding carboxylic acids is 3. The van der Waals surface area contributed by atoms with E-state index in [1.165, 1.54) is 16.2 Å². The molecule has 3 N–H and O–H groups in total. The number of hydrogen-bond donors (Lipinski definition) is 3. The van der Waals surface area contributed by atoms with Crippen LogP contribution in [-0.2, 0) is 30.6 Å². The lowest BCUT2D eigenvalue weighted by Gasteiger charge is -2.37. The number of sulfonamides is 1. The zero-order chi connectivity index (χ0) is 47.6. The minimum atomic E-state index is -4.88. The van der Waals surface area contributed by atoms with Crippen LogP contribution in [0.1, 0.15) is 110 Å². The summed E-state index contributed by atoms with van der Waals surface area (Å²) in [4.78, 5) is 55.0. The molecular formula is C46H56F4N6O7S2. The molecule has 2 aliphatic carbocycles. The van der Waals surface area contributed by atoms with Crippen LogP contribution in [0.2, 0.25) is 0 Å². The van der Waals surface area contributed by atoms with Crippen LogP contribution in [0.4, 0.5) is 23.2 Å². The maximum absolute atomic E-state index is 15.0. The van der Waals surface area contributed by atoms with E-state index >= 15 is 4.79 Å². The fourth-order valence-corrected chi connectivity index (χ4v) is 10.9. The molecular weight excluding hydrogens is 889 g/mol. The van der Waals surface area contributed by atoms with Crippen molar-refractivity contribution in [2.45, 2.75) is 134 Å². The Morgan fingerprint density at radius 3 is 2.31 bits per heavy atom. The SMILES string of the molecule is COc1ccc2c(O[C@@H]3C[C@@H](C(=O)N[C@]4(C(=O)NS(=O)(=O)C5(C)CC5)CCC(C)C4)N(C(=O)[C@@H](Nc4cc(F)cc(C(F)(F)F)c4)C(C)(C)C)C3)cc(-c3nc(C(C)C)cs3)nc2c1C. The molecule has 3 aliphatic rings. The monoisotopic (exact) mass is 944 g/mol. The van der Waals surface area contributed by atoms with Gasteiger partial charge in [0, 0.05) is 34.5 Å². The third kappa shape index (κ3) is 9.77. The Kier molecular flexibility index (Phi) is 12.8. The maximum Gasteiger partial charge on any atom is 0.416 e. The number of anilines is 1. The number of benzene rings is 2. The molecule has 2 aromatic carbocycles. The second-order valence-corrected chi connectivity index (χ2v) is 22.5. The molecule has 352 valence electrons. The predicted molar refractivity (Wildman–Crippen MR) is 240 cm³/mol. The van der Waals surface area contributed by atoms with E-state index < -0.39 is 79.2 Å². The van der Waals surface area contributed by atoms with Crippen molar-refractivity contribution in [1.29, 1.82) is 0 Å². The second kappa shape index (κ2) is 17.3. The number of halogens is 4. The molecule has 65 heavy (non-hydrogen) atoms. The number of nitrogens with one attached hydrogen (secondary N) is 3. The molecule has 2 saturated carbocycles. The summed E-state index contributed by atoms with van der Waals surface area (Å²) in [6.45, 7) is 14.2. The number of thiazole rings is 1. The van der Waals surface area contributed by atoms with E-state index in [1.54, 1.807) is 53.0 Å². The van der Waals surface area contributed by atoms with Gasteiger partial charge in [0.25, 0.3) is 5.91 Å². The van der Waals surface area contributed by atoms with E-state index in [0.29, 0.717) is 64.5 Å². The highest BCUT2D eigenvalue weighted by molar-refractivity contribution is 7.91. The van der Waals surface area contributed by atoms with Gasteiger partial charge in [-0.1, -0.05) is 41.5 Å². The van der Waals surface area contributed by atoms with Crippen LogP contribution in [0, 0.1) is 24.1 Å². The van der Waals surface area contributed by atoms with Gasteiger partial charge in [-0.3, -0.25) is 19.1 Å². The second-order valence-electron chi connectivity index (χ2n) is 19.5. The minimum absolute atomic E-state index is 0.0642. The Morgan fingerprint density at radius 2 is 1.72 bits per heavy atom. The van der Waals surface area contributed by atoms with Gasteiger partial charge in [0.15, 0.2) is 0 Å². The maximum atomic E-state index is 15.0. The van der Waals surface area contributed by atoms with Gasteiger partial charge in [0.1, 0.15) is 51.7 Å². The molecule has 3 heterocycles. The van der Waals surface area contributed by atoms with Gasteiger partial charge in [-0.2, -0.15) is 13.2 Å². The molecule has 7 rings (SSSR count). The molecule has 5 atom stereocenters. The van der Waals surface area contributed by atoms with E-state index in [1.807, 2.05) is 33.1 Å². The average Bonchev–Trinajstić information content (AvgIpc) is 3.53. The summed E-state index contributed by atoms with van der Waals surface area (Å²) in [5.74, 6) is -2.42. The van der Waals surface area contributed by atoms with Crippen LogP contribution in [0.3, 0.4) is 0 Å². The summed E-state index contributed by atoms with van der Waals surface area (Å²) in [5.41, 5.74) is -1.51. The van der Waals surface area contributed by atoms with Crippen LogP contribution in [-0.4, -0.2) is 83.1 Å². The number of amides is 3. The van der Waals surface area contributed by atoms with Gasteiger partial charge in [-0.25, -0.2) is 22.8 Å². The highest BCUT2D eigenvalue weighted by Crippen LogP contribution is 2.44. The minimum Gasteiger partial charge on any atom is -0.496 e. The number of carbonyl (C=O) groups is 3. The number of methoxy groups -OCH3 is 1. The quantitative estimate of drug-likeness (QED) is 0.111. The molecule has 3 amide bonds. The highest BCUT2D eigenvalue weighted by Gasteiger charge is 2.55. The molecule has 0 bridgehead atoms. The lowest BCUT2D eigenvalue weighted by molar-refractivity contribution is -0.142. The largest absolute Gasteiger partial charge is 0.496 e. The zero-order valence-electron chi connectivity index (χ0n) is 37.9. The molecule has 4 aromatic rings. The summed E-state index contributed by atoms with van der Waals surface area (Å²) in [7, 11) is -2.53. The van der Waals surface area contributed by atoms with Gasteiger partial charge in [-0.05, 0) is 93.5 Å². The molecule has 13 nitrogen and oxygen atoms in total. The molecule has 3 fully saturated rings. The summed E-state index contributed by atoms with van der Waals surface area (Å²) in [6.07, 6.45) is -4.31. The van der Waals surface area contributed by atoms with E-state index in [-0.39, 0.29) is 43.3 Å². The number of alkyl halides is 3. The van der Waals surface area contributed by atoms with Crippen molar-refractivity contribution in [3.63, 3.8) is 0 Å². The van der Waals surface area contributed by atoms with Crippen LogP contribution >= 0.6 is 11.3 Å². The number of hydrogen-bond acceptors (Lipinski definition) is 11. The van der Waals surface area contributed by atoms with E-state index in [4.69, 9.17) is 19.4 Å². The van der Waals surface area contributed by atoms with Crippen molar-refractivity contribution in [3.05, 3.63) is 64.4 Å². The van der Waals surface area contributed by atoms with E-state index in [9.17, 15) is 35.6 Å². The summed E-state index contributed by atoms with van der Waals surface area (Å²) >= 11 is 1.42. The van der Waals surface area contributed by atoms with Crippen LogP contribution in [0.5, 0.6) is 11.5 Å². The van der Waals surface area contributed by atoms with E-state index in [0.717, 1.165) is 17.3 Å². The lowest BCUT2D eigenvalue weighted by atomic mass is 9.85. The fourth-order valence-electron chi connectivity index (χ4n) is 8.62.